The maximum atomic E-state index is 12.6. The van der Waals surface area contributed by atoms with Crippen molar-refractivity contribution in [3.63, 3.8) is 0 Å². The van der Waals surface area contributed by atoms with E-state index in [1.165, 1.54) is 0 Å². The van der Waals surface area contributed by atoms with Gasteiger partial charge in [0.05, 0.1) is 13.3 Å². The number of hydrogen-bond donors (Lipinski definition) is 1. The van der Waals surface area contributed by atoms with Crippen LogP contribution in [-0.4, -0.2) is 32.8 Å². The van der Waals surface area contributed by atoms with Crippen molar-refractivity contribution in [1.82, 2.24) is 0 Å². The molecule has 2 nitrogen and oxygen atoms in total. The van der Waals surface area contributed by atoms with Gasteiger partial charge in [-0.3, -0.25) is 4.39 Å². The SMILES string of the molecule is CC(C)(C)[Si](C)(C)O[C@@H]1CC=C(CO)[C@@H](CCF)C1. The molecule has 0 amide bonds. The van der Waals surface area contributed by atoms with Gasteiger partial charge in [0.25, 0.3) is 0 Å². The molecular weight excluding hydrogens is 259 g/mol. The fraction of sp³-hybridized carbons (Fsp3) is 0.867. The third-order valence-corrected chi connectivity index (χ3v) is 9.16. The molecular formula is C15H29FO2Si. The van der Waals surface area contributed by atoms with Crippen molar-refractivity contribution in [2.75, 3.05) is 13.3 Å². The Balaban J connectivity index is 2.70. The summed E-state index contributed by atoms with van der Waals surface area (Å²) in [7, 11) is -1.76. The van der Waals surface area contributed by atoms with Crippen LogP contribution in [-0.2, 0) is 4.43 Å². The van der Waals surface area contributed by atoms with Crippen molar-refractivity contribution in [2.24, 2.45) is 5.92 Å². The van der Waals surface area contributed by atoms with Crippen molar-refractivity contribution >= 4 is 8.32 Å². The highest BCUT2D eigenvalue weighted by molar-refractivity contribution is 6.74. The van der Waals surface area contributed by atoms with Gasteiger partial charge in [0, 0.05) is 6.10 Å². The molecule has 0 fully saturated rings. The van der Waals surface area contributed by atoms with E-state index < -0.39 is 8.32 Å². The molecule has 19 heavy (non-hydrogen) atoms. The Morgan fingerprint density at radius 2 is 2.05 bits per heavy atom. The number of halogens is 1. The van der Waals surface area contributed by atoms with Gasteiger partial charge in [-0.05, 0) is 48.9 Å². The molecule has 0 heterocycles. The normalized spacial score (nSPS) is 25.3. The van der Waals surface area contributed by atoms with E-state index in [1.807, 2.05) is 0 Å². The minimum atomic E-state index is -1.76. The van der Waals surface area contributed by atoms with Crippen LogP contribution in [0.15, 0.2) is 11.6 Å². The van der Waals surface area contributed by atoms with Gasteiger partial charge >= 0.3 is 0 Å². The van der Waals surface area contributed by atoms with Crippen LogP contribution in [0.4, 0.5) is 4.39 Å². The largest absolute Gasteiger partial charge is 0.414 e. The number of hydrogen-bond acceptors (Lipinski definition) is 2. The Bertz CT molecular complexity index is 321. The third-order valence-electron chi connectivity index (χ3n) is 4.62. The predicted molar refractivity (Wildman–Crippen MR) is 80.6 cm³/mol. The van der Waals surface area contributed by atoms with Gasteiger partial charge < -0.3 is 9.53 Å². The fourth-order valence-electron chi connectivity index (χ4n) is 2.33. The molecule has 0 aromatic carbocycles. The highest BCUT2D eigenvalue weighted by Gasteiger charge is 2.40. The van der Waals surface area contributed by atoms with Gasteiger partial charge in [-0.1, -0.05) is 26.8 Å². The van der Waals surface area contributed by atoms with Crippen molar-refractivity contribution < 1.29 is 13.9 Å². The molecule has 0 radical (unpaired) electrons. The third kappa shape index (κ3) is 4.40. The molecule has 0 aliphatic heterocycles. The number of rotatable bonds is 5. The number of aliphatic hydroxyl groups is 1. The van der Waals surface area contributed by atoms with Gasteiger partial charge in [-0.15, -0.1) is 0 Å². The summed E-state index contributed by atoms with van der Waals surface area (Å²) in [5, 5.41) is 9.51. The molecule has 4 heteroatoms. The molecule has 1 rings (SSSR count). The van der Waals surface area contributed by atoms with Crippen molar-refractivity contribution in [3.05, 3.63) is 11.6 Å². The summed E-state index contributed by atoms with van der Waals surface area (Å²) in [5.74, 6) is 0.151. The Morgan fingerprint density at radius 3 is 2.53 bits per heavy atom. The van der Waals surface area contributed by atoms with Crippen LogP contribution < -0.4 is 0 Å². The first-order valence-corrected chi connectivity index (χ1v) is 10.2. The minimum Gasteiger partial charge on any atom is -0.414 e. The average Bonchev–Trinajstić information content (AvgIpc) is 2.28. The monoisotopic (exact) mass is 288 g/mol. The van der Waals surface area contributed by atoms with Crippen LogP contribution in [0.3, 0.4) is 0 Å². The zero-order chi connectivity index (χ0) is 14.7. The summed E-state index contributed by atoms with van der Waals surface area (Å²) in [6, 6.07) is 0. The van der Waals surface area contributed by atoms with E-state index >= 15 is 0 Å². The van der Waals surface area contributed by atoms with E-state index in [0.29, 0.717) is 6.42 Å². The van der Waals surface area contributed by atoms with Crippen LogP contribution >= 0.6 is 0 Å². The van der Waals surface area contributed by atoms with E-state index in [-0.39, 0.29) is 30.3 Å². The lowest BCUT2D eigenvalue weighted by atomic mass is 9.84. The van der Waals surface area contributed by atoms with E-state index in [0.717, 1.165) is 18.4 Å². The minimum absolute atomic E-state index is 0.0531. The molecule has 1 aliphatic carbocycles. The van der Waals surface area contributed by atoms with Crippen LogP contribution in [0.5, 0.6) is 0 Å². The van der Waals surface area contributed by atoms with Crippen LogP contribution in [0.1, 0.15) is 40.0 Å². The molecule has 0 spiro atoms. The lowest BCUT2D eigenvalue weighted by Crippen LogP contribution is -2.45. The second-order valence-corrected chi connectivity index (χ2v) is 11.8. The Kier molecular flexibility index (Phi) is 5.77. The average molecular weight is 288 g/mol. The van der Waals surface area contributed by atoms with Crippen molar-refractivity contribution in [2.45, 2.75) is 64.3 Å². The topological polar surface area (TPSA) is 29.5 Å². The maximum Gasteiger partial charge on any atom is 0.192 e. The Hall–Kier alpha value is -0.193. The second kappa shape index (κ2) is 6.51. The van der Waals surface area contributed by atoms with Gasteiger partial charge in [-0.25, -0.2) is 0 Å². The van der Waals surface area contributed by atoms with E-state index in [4.69, 9.17) is 4.43 Å². The zero-order valence-electron chi connectivity index (χ0n) is 13.0. The molecule has 0 aromatic heterocycles. The van der Waals surface area contributed by atoms with E-state index in [9.17, 15) is 9.50 Å². The molecule has 2 atom stereocenters. The molecule has 0 bridgehead atoms. The first-order valence-electron chi connectivity index (χ1n) is 7.25. The smallest absolute Gasteiger partial charge is 0.192 e. The molecule has 0 unspecified atom stereocenters. The molecule has 1 N–H and O–H groups in total. The molecule has 0 saturated carbocycles. The summed E-state index contributed by atoms with van der Waals surface area (Å²) in [4.78, 5) is 0. The van der Waals surface area contributed by atoms with Gasteiger partial charge in [0.15, 0.2) is 8.32 Å². The van der Waals surface area contributed by atoms with E-state index in [2.05, 4.69) is 39.9 Å². The van der Waals surface area contributed by atoms with Crippen molar-refractivity contribution in [3.8, 4) is 0 Å². The number of aliphatic hydroxyl groups excluding tert-OH is 1. The molecule has 0 saturated heterocycles. The lowest BCUT2D eigenvalue weighted by Gasteiger charge is -2.41. The first kappa shape index (κ1) is 16.9. The van der Waals surface area contributed by atoms with Crippen molar-refractivity contribution in [1.29, 1.82) is 0 Å². The Labute approximate surface area is 118 Å². The van der Waals surface area contributed by atoms with Gasteiger partial charge in [-0.2, -0.15) is 0 Å². The van der Waals surface area contributed by atoms with Crippen LogP contribution in [0, 0.1) is 5.92 Å². The molecule has 112 valence electrons. The second-order valence-electron chi connectivity index (χ2n) is 7.08. The predicted octanol–water partition coefficient (Wildman–Crippen LogP) is 4.07. The summed E-state index contributed by atoms with van der Waals surface area (Å²) < 4.78 is 19.0. The van der Waals surface area contributed by atoms with Crippen LogP contribution in [0.2, 0.25) is 18.1 Å². The molecule has 0 aromatic rings. The number of alkyl halides is 1. The van der Waals surface area contributed by atoms with Gasteiger partial charge in [0.1, 0.15) is 0 Å². The summed E-state index contributed by atoms with van der Waals surface area (Å²) in [6.45, 7) is 10.9. The quantitative estimate of drug-likeness (QED) is 0.610. The fourth-order valence-corrected chi connectivity index (χ4v) is 3.71. The molecule has 1 aliphatic rings. The Morgan fingerprint density at radius 1 is 1.42 bits per heavy atom. The summed E-state index contributed by atoms with van der Waals surface area (Å²) in [6.07, 6.45) is 4.45. The summed E-state index contributed by atoms with van der Waals surface area (Å²) >= 11 is 0. The zero-order valence-corrected chi connectivity index (χ0v) is 14.0. The summed E-state index contributed by atoms with van der Waals surface area (Å²) in [5.41, 5.74) is 0.993. The van der Waals surface area contributed by atoms with E-state index in [1.54, 1.807) is 0 Å². The maximum absolute atomic E-state index is 12.6. The van der Waals surface area contributed by atoms with Crippen LogP contribution in [0.25, 0.3) is 0 Å². The van der Waals surface area contributed by atoms with Gasteiger partial charge in [0.2, 0.25) is 0 Å². The first-order chi connectivity index (χ1) is 8.71. The lowest BCUT2D eigenvalue weighted by molar-refractivity contribution is 0.140. The highest BCUT2D eigenvalue weighted by Crippen LogP contribution is 2.40. The standard InChI is InChI=1S/C15H29FO2Si/c1-15(2,3)19(4,5)18-14-7-6-13(11-17)12(10-14)8-9-16/h6,12,14,17H,7-11H2,1-5H3/t12-,14+/m0/s1. The highest BCUT2D eigenvalue weighted by atomic mass is 28.4.